The largest absolute Gasteiger partial charge is 0.401 e. The van der Waals surface area contributed by atoms with Crippen LogP contribution in [0.2, 0.25) is 0 Å². The predicted molar refractivity (Wildman–Crippen MR) is 82.1 cm³/mol. The van der Waals surface area contributed by atoms with Crippen molar-refractivity contribution in [2.75, 3.05) is 38.5 Å². The molecule has 2 rings (SSSR count). The van der Waals surface area contributed by atoms with Gasteiger partial charge in [0, 0.05) is 18.3 Å². The number of urea groups is 1. The fourth-order valence-corrected chi connectivity index (χ4v) is 4.11. The van der Waals surface area contributed by atoms with Crippen molar-refractivity contribution < 1.29 is 18.0 Å². The van der Waals surface area contributed by atoms with Crippen LogP contribution in [0.4, 0.5) is 18.0 Å². The quantitative estimate of drug-likeness (QED) is 0.809. The fourth-order valence-electron chi connectivity index (χ4n) is 2.91. The van der Waals surface area contributed by atoms with E-state index in [0.717, 1.165) is 6.42 Å². The molecule has 8 heteroatoms. The second kappa shape index (κ2) is 8.29. The van der Waals surface area contributed by atoms with Crippen LogP contribution in [0.1, 0.15) is 25.7 Å². The number of amides is 2. The molecule has 2 N–H and O–H groups in total. The number of thioether (sulfide) groups is 1. The first kappa shape index (κ1) is 17.7. The van der Waals surface area contributed by atoms with E-state index in [1.165, 1.54) is 17.1 Å². The minimum Gasteiger partial charge on any atom is -0.338 e. The molecule has 2 saturated heterocycles. The Balaban J connectivity index is 1.55. The molecular formula is C14H24F3N3OS. The first-order valence-electron chi connectivity index (χ1n) is 7.85. The zero-order chi connectivity index (χ0) is 16.0. The molecule has 0 aromatic heterocycles. The van der Waals surface area contributed by atoms with E-state index in [1.54, 1.807) is 0 Å². The van der Waals surface area contributed by atoms with E-state index in [9.17, 15) is 18.0 Å². The Labute approximate surface area is 133 Å². The van der Waals surface area contributed by atoms with Crippen molar-refractivity contribution in [2.45, 2.75) is 37.1 Å². The number of hydrogen-bond donors (Lipinski definition) is 2. The van der Waals surface area contributed by atoms with Crippen LogP contribution in [0.5, 0.6) is 0 Å². The molecule has 0 saturated carbocycles. The van der Waals surface area contributed by atoms with Crippen LogP contribution in [0.25, 0.3) is 0 Å². The molecular weight excluding hydrogens is 315 g/mol. The van der Waals surface area contributed by atoms with Crippen LogP contribution in [0.3, 0.4) is 0 Å². The topological polar surface area (TPSA) is 44.4 Å². The minimum atomic E-state index is -4.12. The van der Waals surface area contributed by atoms with Gasteiger partial charge in [-0.1, -0.05) is 0 Å². The van der Waals surface area contributed by atoms with Gasteiger partial charge in [-0.25, -0.2) is 4.79 Å². The van der Waals surface area contributed by atoms with Crippen LogP contribution < -0.4 is 10.6 Å². The Morgan fingerprint density at radius 3 is 2.41 bits per heavy atom. The maximum atomic E-state index is 12.3. The van der Waals surface area contributed by atoms with Crippen molar-refractivity contribution in [2.24, 2.45) is 5.92 Å². The summed E-state index contributed by atoms with van der Waals surface area (Å²) in [5, 5.41) is 6.24. The second-order valence-corrected chi connectivity index (χ2v) is 7.47. The van der Waals surface area contributed by atoms with Gasteiger partial charge in [0.05, 0.1) is 6.54 Å². The summed E-state index contributed by atoms with van der Waals surface area (Å²) in [4.78, 5) is 13.1. The number of alkyl halides is 3. The maximum absolute atomic E-state index is 12.3. The molecule has 2 amide bonds. The van der Waals surface area contributed by atoms with Crippen LogP contribution in [0.15, 0.2) is 0 Å². The van der Waals surface area contributed by atoms with Gasteiger partial charge in [0.15, 0.2) is 0 Å². The number of likely N-dealkylation sites (tertiary alicyclic amines) is 1. The molecule has 0 aromatic carbocycles. The van der Waals surface area contributed by atoms with Gasteiger partial charge in [-0.15, -0.1) is 0 Å². The number of nitrogens with one attached hydrogen (secondary N) is 2. The number of halogens is 3. The highest BCUT2D eigenvalue weighted by atomic mass is 32.2. The van der Waals surface area contributed by atoms with Crippen LogP contribution >= 0.6 is 11.8 Å². The van der Waals surface area contributed by atoms with E-state index in [4.69, 9.17) is 0 Å². The third-order valence-electron chi connectivity index (χ3n) is 4.18. The smallest absolute Gasteiger partial charge is 0.338 e. The normalized spacial score (nSPS) is 24.4. The van der Waals surface area contributed by atoms with E-state index in [-0.39, 0.29) is 11.9 Å². The molecule has 128 valence electrons. The first-order chi connectivity index (χ1) is 10.4. The summed E-state index contributed by atoms with van der Waals surface area (Å²) in [5.41, 5.74) is 0. The summed E-state index contributed by atoms with van der Waals surface area (Å²) in [6, 6.07) is -0.162. The van der Waals surface area contributed by atoms with E-state index < -0.39 is 12.7 Å². The number of carbonyl (C=O) groups is 1. The summed E-state index contributed by atoms with van der Waals surface area (Å²) < 4.78 is 36.9. The van der Waals surface area contributed by atoms with Gasteiger partial charge < -0.3 is 10.6 Å². The third-order valence-corrected chi connectivity index (χ3v) is 5.57. The van der Waals surface area contributed by atoms with Crippen molar-refractivity contribution >= 4 is 17.8 Å². The van der Waals surface area contributed by atoms with E-state index in [1.807, 2.05) is 11.8 Å². The second-order valence-electron chi connectivity index (χ2n) is 6.06. The number of carbonyl (C=O) groups excluding carboxylic acids is 1. The zero-order valence-electron chi connectivity index (χ0n) is 12.6. The molecule has 2 aliphatic rings. The summed E-state index contributed by atoms with van der Waals surface area (Å²) in [7, 11) is 0. The van der Waals surface area contributed by atoms with E-state index in [0.29, 0.717) is 44.3 Å². The zero-order valence-corrected chi connectivity index (χ0v) is 13.4. The lowest BCUT2D eigenvalue weighted by atomic mass is 9.97. The Kier molecular flexibility index (Phi) is 6.67. The molecule has 2 fully saturated rings. The van der Waals surface area contributed by atoms with Gasteiger partial charge in [-0.2, -0.15) is 24.9 Å². The lowest BCUT2D eigenvalue weighted by Gasteiger charge is -2.32. The Morgan fingerprint density at radius 2 is 1.82 bits per heavy atom. The average molecular weight is 339 g/mol. The highest BCUT2D eigenvalue weighted by Crippen LogP contribution is 2.25. The van der Waals surface area contributed by atoms with E-state index in [2.05, 4.69) is 10.6 Å². The van der Waals surface area contributed by atoms with Crippen molar-refractivity contribution in [1.82, 2.24) is 15.5 Å². The molecule has 0 spiro atoms. The predicted octanol–water partition coefficient (Wildman–Crippen LogP) is 2.46. The molecule has 2 heterocycles. The number of nitrogens with zero attached hydrogens (tertiary/aromatic N) is 1. The third kappa shape index (κ3) is 6.64. The van der Waals surface area contributed by atoms with Crippen LogP contribution in [-0.2, 0) is 0 Å². The molecule has 22 heavy (non-hydrogen) atoms. The lowest BCUT2D eigenvalue weighted by molar-refractivity contribution is -0.148. The molecule has 0 bridgehead atoms. The summed E-state index contributed by atoms with van der Waals surface area (Å²) in [5.74, 6) is 1.45. The number of hydrogen-bond acceptors (Lipinski definition) is 3. The van der Waals surface area contributed by atoms with Crippen molar-refractivity contribution in [3.8, 4) is 0 Å². The minimum absolute atomic E-state index is 0.162. The van der Waals surface area contributed by atoms with E-state index >= 15 is 0 Å². The van der Waals surface area contributed by atoms with Crippen molar-refractivity contribution in [3.63, 3.8) is 0 Å². The highest BCUT2D eigenvalue weighted by molar-refractivity contribution is 8.00. The fraction of sp³-hybridized carbons (Fsp3) is 0.929. The Bertz CT molecular complexity index is 354. The Hall–Kier alpha value is -0.630. The average Bonchev–Trinajstić information content (AvgIpc) is 2.96. The van der Waals surface area contributed by atoms with Gasteiger partial charge in [0.2, 0.25) is 0 Å². The molecule has 4 nitrogen and oxygen atoms in total. The molecule has 0 aromatic rings. The summed E-state index contributed by atoms with van der Waals surface area (Å²) in [6.07, 6.45) is -0.343. The molecule has 2 aliphatic heterocycles. The maximum Gasteiger partial charge on any atom is 0.401 e. The molecule has 0 unspecified atom stereocenters. The highest BCUT2D eigenvalue weighted by Gasteiger charge is 2.32. The summed E-state index contributed by atoms with van der Waals surface area (Å²) in [6.45, 7) is 1.31. The number of rotatable bonds is 5. The summed E-state index contributed by atoms with van der Waals surface area (Å²) >= 11 is 1.90. The SMILES string of the molecule is O=C(NCC1CCN(CC(F)(F)F)CC1)NC[C@@H]1CCCS1. The van der Waals surface area contributed by atoms with Gasteiger partial charge in [-0.3, -0.25) is 4.90 Å². The van der Waals surface area contributed by atoms with Gasteiger partial charge in [0.25, 0.3) is 0 Å². The first-order valence-corrected chi connectivity index (χ1v) is 8.89. The van der Waals surface area contributed by atoms with Crippen LogP contribution in [-0.4, -0.2) is 60.8 Å². The standard InChI is InChI=1S/C14H24F3N3OS/c15-14(16,17)10-20-5-3-11(4-6-20)8-18-13(21)19-9-12-2-1-7-22-12/h11-12H,1-10H2,(H2,18,19,21)/t12-/m0/s1. The lowest BCUT2D eigenvalue weighted by Crippen LogP contribution is -2.44. The van der Waals surface area contributed by atoms with Crippen molar-refractivity contribution in [3.05, 3.63) is 0 Å². The van der Waals surface area contributed by atoms with Gasteiger partial charge in [0.1, 0.15) is 0 Å². The van der Waals surface area contributed by atoms with Gasteiger partial charge in [-0.05, 0) is 50.4 Å². The molecule has 0 aliphatic carbocycles. The monoisotopic (exact) mass is 339 g/mol. The molecule has 0 radical (unpaired) electrons. The number of piperidine rings is 1. The Morgan fingerprint density at radius 1 is 1.14 bits per heavy atom. The van der Waals surface area contributed by atoms with Crippen molar-refractivity contribution in [1.29, 1.82) is 0 Å². The molecule has 1 atom stereocenters. The van der Waals surface area contributed by atoms with Gasteiger partial charge >= 0.3 is 12.2 Å². The van der Waals surface area contributed by atoms with Crippen LogP contribution in [0, 0.1) is 5.92 Å².